The van der Waals surface area contributed by atoms with Crippen molar-refractivity contribution in [3.8, 4) is 0 Å². The van der Waals surface area contributed by atoms with Gasteiger partial charge in [0.15, 0.2) is 0 Å². The number of ketones is 1. The largest absolute Gasteiger partial charge is 0.314 e. The summed E-state index contributed by atoms with van der Waals surface area (Å²) < 4.78 is 1.85. The first-order valence-corrected chi connectivity index (χ1v) is 8.31. The van der Waals surface area contributed by atoms with Gasteiger partial charge in [0.2, 0.25) is 0 Å². The lowest BCUT2D eigenvalue weighted by Gasteiger charge is -2.36. The third-order valence-corrected chi connectivity index (χ3v) is 5.19. The van der Waals surface area contributed by atoms with Crippen LogP contribution in [-0.2, 0) is 17.8 Å². The van der Waals surface area contributed by atoms with Crippen LogP contribution in [-0.4, -0.2) is 28.2 Å². The Hall–Kier alpha value is -0.870. The van der Waals surface area contributed by atoms with Crippen LogP contribution in [0.1, 0.15) is 56.8 Å². The molecule has 1 aliphatic carbocycles. The summed E-state index contributed by atoms with van der Waals surface area (Å²) in [7, 11) is 1.98. The molecule has 0 amide bonds. The molecular weight excluding hydrogens is 286 g/mol. The molecule has 1 heterocycles. The average molecular weight is 312 g/mol. The van der Waals surface area contributed by atoms with Crippen molar-refractivity contribution in [2.75, 3.05) is 7.05 Å². The summed E-state index contributed by atoms with van der Waals surface area (Å²) in [6.07, 6.45) is 6.86. The molecule has 0 aliphatic heterocycles. The highest BCUT2D eigenvalue weighted by Gasteiger charge is 2.32. The topological polar surface area (TPSA) is 46.9 Å². The highest BCUT2D eigenvalue weighted by molar-refractivity contribution is 6.32. The van der Waals surface area contributed by atoms with E-state index >= 15 is 0 Å². The van der Waals surface area contributed by atoms with Gasteiger partial charge in [-0.15, -0.1) is 0 Å². The molecule has 0 bridgehead atoms. The van der Waals surface area contributed by atoms with Crippen molar-refractivity contribution in [3.05, 3.63) is 16.4 Å². The summed E-state index contributed by atoms with van der Waals surface area (Å²) in [6, 6.07) is 0. The van der Waals surface area contributed by atoms with Crippen LogP contribution in [0.3, 0.4) is 0 Å². The Kier molecular flexibility index (Phi) is 5.44. The molecule has 0 spiro atoms. The number of aryl methyl sites for hydroxylation is 2. The van der Waals surface area contributed by atoms with Crippen LogP contribution in [0.25, 0.3) is 0 Å². The van der Waals surface area contributed by atoms with Crippen LogP contribution in [0.5, 0.6) is 0 Å². The second-order valence-electron chi connectivity index (χ2n) is 6.15. The first-order valence-electron chi connectivity index (χ1n) is 7.93. The normalized spacial score (nSPS) is 17.9. The fourth-order valence-electron chi connectivity index (χ4n) is 3.41. The number of hydrogen-bond acceptors (Lipinski definition) is 3. The SMILES string of the molecule is CCn1nc(C)c(Cl)c1CC(=O)CC1(NC)CCCCC1. The first kappa shape index (κ1) is 16.5. The zero-order chi connectivity index (χ0) is 15.5. The standard InChI is InChI=1S/C16H26ClN3O/c1-4-20-14(15(17)12(2)19-20)10-13(21)11-16(18-3)8-6-5-7-9-16/h18H,4-11H2,1-3H3. The molecule has 1 aromatic rings. The van der Waals surface area contributed by atoms with Crippen LogP contribution in [0, 0.1) is 6.92 Å². The van der Waals surface area contributed by atoms with Crippen LogP contribution in [0.15, 0.2) is 0 Å². The predicted octanol–water partition coefficient (Wildman–Crippen LogP) is 3.29. The minimum atomic E-state index is -0.00603. The van der Waals surface area contributed by atoms with Crippen LogP contribution in [0.2, 0.25) is 5.02 Å². The van der Waals surface area contributed by atoms with Crippen molar-refractivity contribution < 1.29 is 4.79 Å². The van der Waals surface area contributed by atoms with Crippen molar-refractivity contribution in [1.82, 2.24) is 15.1 Å². The monoisotopic (exact) mass is 311 g/mol. The van der Waals surface area contributed by atoms with E-state index < -0.39 is 0 Å². The van der Waals surface area contributed by atoms with Gasteiger partial charge in [-0.1, -0.05) is 30.9 Å². The van der Waals surface area contributed by atoms with Crippen LogP contribution < -0.4 is 5.32 Å². The number of aromatic nitrogens is 2. The Balaban J connectivity index is 2.07. The van der Waals surface area contributed by atoms with Gasteiger partial charge in [-0.3, -0.25) is 9.48 Å². The molecule has 0 atom stereocenters. The van der Waals surface area contributed by atoms with Gasteiger partial charge in [0.1, 0.15) is 5.78 Å². The minimum absolute atomic E-state index is 0.00603. The van der Waals surface area contributed by atoms with Gasteiger partial charge < -0.3 is 5.32 Å². The summed E-state index contributed by atoms with van der Waals surface area (Å²) >= 11 is 6.30. The van der Waals surface area contributed by atoms with Crippen LogP contribution >= 0.6 is 11.6 Å². The summed E-state index contributed by atoms with van der Waals surface area (Å²) in [4.78, 5) is 12.5. The summed E-state index contributed by atoms with van der Waals surface area (Å²) in [5.41, 5.74) is 1.67. The maximum Gasteiger partial charge on any atom is 0.140 e. The van der Waals surface area contributed by atoms with Gasteiger partial charge >= 0.3 is 0 Å². The quantitative estimate of drug-likeness (QED) is 0.877. The predicted molar refractivity (Wildman–Crippen MR) is 85.9 cm³/mol. The molecule has 0 saturated heterocycles. The number of rotatable bonds is 6. The highest BCUT2D eigenvalue weighted by Crippen LogP contribution is 2.31. The third kappa shape index (κ3) is 3.67. The number of carbonyl (C=O) groups is 1. The zero-order valence-corrected chi connectivity index (χ0v) is 14.1. The third-order valence-electron chi connectivity index (χ3n) is 4.69. The Labute approximate surface area is 132 Å². The lowest BCUT2D eigenvalue weighted by atomic mass is 9.78. The Morgan fingerprint density at radius 1 is 1.38 bits per heavy atom. The van der Waals surface area contributed by atoms with Gasteiger partial charge in [0.05, 0.1) is 16.4 Å². The summed E-state index contributed by atoms with van der Waals surface area (Å²) in [6.45, 7) is 4.65. The number of halogens is 1. The van der Waals surface area contributed by atoms with Crippen molar-refractivity contribution in [2.45, 2.75) is 70.9 Å². The molecule has 0 unspecified atom stereocenters. The number of hydrogen-bond donors (Lipinski definition) is 1. The molecule has 21 heavy (non-hydrogen) atoms. The van der Waals surface area contributed by atoms with E-state index in [9.17, 15) is 4.79 Å². The van der Waals surface area contributed by atoms with Crippen molar-refractivity contribution >= 4 is 17.4 Å². The smallest absolute Gasteiger partial charge is 0.140 e. The Morgan fingerprint density at radius 2 is 2.05 bits per heavy atom. The van der Waals surface area contributed by atoms with Crippen LogP contribution in [0.4, 0.5) is 0 Å². The fourth-order valence-corrected chi connectivity index (χ4v) is 3.61. The molecule has 1 aliphatic rings. The molecule has 5 heteroatoms. The molecule has 1 fully saturated rings. The first-order chi connectivity index (χ1) is 10.0. The molecule has 4 nitrogen and oxygen atoms in total. The van der Waals surface area contributed by atoms with Gasteiger partial charge in [-0.05, 0) is 33.7 Å². The van der Waals surface area contributed by atoms with Gasteiger partial charge in [-0.25, -0.2) is 0 Å². The zero-order valence-electron chi connectivity index (χ0n) is 13.3. The van der Waals surface area contributed by atoms with Gasteiger partial charge in [0.25, 0.3) is 0 Å². The van der Waals surface area contributed by atoms with Crippen molar-refractivity contribution in [1.29, 1.82) is 0 Å². The van der Waals surface area contributed by atoms with Gasteiger partial charge in [0, 0.05) is 24.9 Å². The van der Waals surface area contributed by atoms with E-state index in [1.165, 1.54) is 19.3 Å². The Bertz CT molecular complexity index is 504. The fraction of sp³-hybridized carbons (Fsp3) is 0.750. The van der Waals surface area contributed by atoms with E-state index in [-0.39, 0.29) is 11.3 Å². The molecular formula is C16H26ClN3O. The molecule has 1 N–H and O–H groups in total. The number of nitrogens with zero attached hydrogens (tertiary/aromatic N) is 2. The van der Waals surface area contributed by atoms with Crippen molar-refractivity contribution in [2.24, 2.45) is 0 Å². The molecule has 2 rings (SSSR count). The van der Waals surface area contributed by atoms with E-state index in [0.29, 0.717) is 17.9 Å². The Morgan fingerprint density at radius 3 is 2.62 bits per heavy atom. The molecule has 0 radical (unpaired) electrons. The molecule has 0 aromatic carbocycles. The summed E-state index contributed by atoms with van der Waals surface area (Å²) in [5.74, 6) is 0.253. The van der Waals surface area contributed by atoms with E-state index in [4.69, 9.17) is 11.6 Å². The van der Waals surface area contributed by atoms with E-state index in [2.05, 4.69) is 10.4 Å². The molecule has 118 valence electrons. The minimum Gasteiger partial charge on any atom is -0.314 e. The number of nitrogens with one attached hydrogen (secondary N) is 1. The summed E-state index contributed by atoms with van der Waals surface area (Å²) in [5, 5.41) is 8.43. The second kappa shape index (κ2) is 6.93. The maximum atomic E-state index is 12.5. The molecule has 1 saturated carbocycles. The highest BCUT2D eigenvalue weighted by atomic mass is 35.5. The molecule has 1 aromatic heterocycles. The second-order valence-corrected chi connectivity index (χ2v) is 6.52. The number of Topliss-reactive ketones (excluding diaryl/α,β-unsaturated/α-hetero) is 1. The lowest BCUT2D eigenvalue weighted by molar-refractivity contribution is -0.120. The maximum absolute atomic E-state index is 12.5. The number of carbonyl (C=O) groups excluding carboxylic acids is 1. The van der Waals surface area contributed by atoms with E-state index in [1.54, 1.807) is 0 Å². The van der Waals surface area contributed by atoms with Crippen molar-refractivity contribution in [3.63, 3.8) is 0 Å². The van der Waals surface area contributed by atoms with E-state index in [0.717, 1.165) is 30.8 Å². The average Bonchev–Trinajstić information content (AvgIpc) is 2.75. The lowest BCUT2D eigenvalue weighted by Crippen LogP contribution is -2.46. The van der Waals surface area contributed by atoms with Gasteiger partial charge in [-0.2, -0.15) is 5.10 Å². The van der Waals surface area contributed by atoms with E-state index in [1.807, 2.05) is 25.6 Å².